The molecule has 2 aliphatic rings. The van der Waals surface area contributed by atoms with E-state index in [-0.39, 0.29) is 23.6 Å². The molecular formula is C34H40N10O6. The van der Waals surface area contributed by atoms with E-state index in [1.54, 1.807) is 16.6 Å². The lowest BCUT2D eigenvalue weighted by atomic mass is 9.87. The summed E-state index contributed by atoms with van der Waals surface area (Å²) < 4.78 is 21.4. The van der Waals surface area contributed by atoms with Crippen molar-refractivity contribution in [3.05, 3.63) is 84.2 Å². The number of rotatable bonds is 8. The number of nitrogens with one attached hydrogen (secondary N) is 1. The Morgan fingerprint density at radius 2 is 1.56 bits per heavy atom. The molecule has 1 aromatic carbocycles. The maximum atomic E-state index is 10.5. The molecule has 16 nitrogen and oxygen atoms in total. The molecule has 4 aromatic heterocycles. The number of nitrogen functional groups attached to an aromatic ring is 2. The van der Waals surface area contributed by atoms with Gasteiger partial charge in [-0.05, 0) is 43.2 Å². The van der Waals surface area contributed by atoms with Crippen molar-refractivity contribution in [1.82, 2.24) is 29.2 Å². The summed E-state index contributed by atoms with van der Waals surface area (Å²) in [5.41, 5.74) is 12.0. The average molecular weight is 685 g/mol. The molecule has 8 atom stereocenters. The first kappa shape index (κ1) is 34.8. The van der Waals surface area contributed by atoms with E-state index in [0.717, 1.165) is 12.0 Å². The number of aliphatic hydroxyl groups is 3. The van der Waals surface area contributed by atoms with E-state index in [0.29, 0.717) is 34.8 Å². The Hall–Kier alpha value is -5.02. The normalized spacial score (nSPS) is 29.1. The Morgan fingerprint density at radius 1 is 0.960 bits per heavy atom. The molecule has 2 fully saturated rings. The fraction of sp³-hybridized carbons (Fsp3) is 0.412. The van der Waals surface area contributed by atoms with Gasteiger partial charge in [0, 0.05) is 11.6 Å². The van der Waals surface area contributed by atoms with Crippen molar-refractivity contribution < 1.29 is 29.5 Å². The van der Waals surface area contributed by atoms with E-state index < -0.39 is 42.2 Å². The zero-order valence-corrected chi connectivity index (χ0v) is 27.8. The molecule has 0 amide bonds. The van der Waals surface area contributed by atoms with Crippen LogP contribution in [0.25, 0.3) is 11.0 Å². The molecule has 2 aliphatic heterocycles. The molecule has 0 bridgehead atoms. The van der Waals surface area contributed by atoms with Crippen LogP contribution in [0.1, 0.15) is 44.1 Å². The summed E-state index contributed by atoms with van der Waals surface area (Å²) >= 11 is 0. The van der Waals surface area contributed by atoms with Gasteiger partial charge in [-0.2, -0.15) is 15.5 Å². The van der Waals surface area contributed by atoms with E-state index in [2.05, 4.69) is 40.1 Å². The Kier molecular flexibility index (Phi) is 9.55. The van der Waals surface area contributed by atoms with Crippen LogP contribution in [0.2, 0.25) is 0 Å². The van der Waals surface area contributed by atoms with Crippen LogP contribution < -0.4 is 11.5 Å². The third-order valence-corrected chi connectivity index (χ3v) is 9.56. The molecule has 5 aromatic rings. The number of nitrogens with two attached hydrogens (primary N) is 2. The predicted molar refractivity (Wildman–Crippen MR) is 180 cm³/mol. The molecule has 0 unspecified atom stereocenters. The van der Waals surface area contributed by atoms with Gasteiger partial charge in [-0.1, -0.05) is 44.2 Å². The predicted octanol–water partition coefficient (Wildman–Crippen LogP) is 1.72. The minimum absolute atomic E-state index is 0.0211. The van der Waals surface area contributed by atoms with Crippen molar-refractivity contribution in [3.8, 4) is 6.07 Å². The molecule has 0 radical (unpaired) electrons. The molecule has 50 heavy (non-hydrogen) atoms. The first-order valence-corrected chi connectivity index (χ1v) is 16.2. The van der Waals surface area contributed by atoms with Crippen molar-refractivity contribution in [2.45, 2.75) is 75.5 Å². The van der Waals surface area contributed by atoms with Crippen LogP contribution in [0.5, 0.6) is 0 Å². The second kappa shape index (κ2) is 13.7. The Bertz CT molecular complexity index is 2030. The summed E-state index contributed by atoms with van der Waals surface area (Å²) in [6.07, 6.45) is -0.864. The van der Waals surface area contributed by atoms with Crippen molar-refractivity contribution in [3.63, 3.8) is 0 Å². The van der Waals surface area contributed by atoms with Crippen LogP contribution in [-0.4, -0.2) is 87.4 Å². The zero-order chi connectivity index (χ0) is 35.8. The summed E-state index contributed by atoms with van der Waals surface area (Å²) in [7, 11) is 0. The highest BCUT2D eigenvalue weighted by Crippen LogP contribution is 2.46. The number of nitrogens with zero attached hydrogens (tertiary/aromatic N) is 7. The number of aromatic nitrogens is 6. The molecule has 2 saturated heterocycles. The molecule has 0 aliphatic carbocycles. The third-order valence-electron chi connectivity index (χ3n) is 9.56. The molecule has 262 valence electrons. The molecule has 0 spiro atoms. The number of aliphatic hydroxyl groups excluding tert-OH is 3. The van der Waals surface area contributed by atoms with Crippen LogP contribution in [0.4, 0.5) is 11.6 Å². The highest BCUT2D eigenvalue weighted by atomic mass is 16.6. The quantitative estimate of drug-likeness (QED) is 0.128. The van der Waals surface area contributed by atoms with Gasteiger partial charge in [-0.25, -0.2) is 19.0 Å². The second-order valence-electron chi connectivity index (χ2n) is 12.4. The number of nitriles is 1. The van der Waals surface area contributed by atoms with E-state index in [4.69, 9.17) is 31.1 Å². The summed E-state index contributed by atoms with van der Waals surface area (Å²) in [5, 5.41) is 56.6. The lowest BCUT2D eigenvalue weighted by molar-refractivity contribution is -0.0817. The fourth-order valence-electron chi connectivity index (χ4n) is 6.97. The molecule has 0 saturated carbocycles. The number of hydrogen-bond donors (Lipinski definition) is 6. The minimum atomic E-state index is -1.61. The topological polar surface area (TPSA) is 248 Å². The molecule has 7 rings (SSSR count). The smallest absolute Gasteiger partial charge is 0.223 e. The van der Waals surface area contributed by atoms with E-state index >= 15 is 0 Å². The standard InChI is InChI=1S/C21H23N5O2.C13H17N5O4/c1-3-17-14(2)19(27-11-15-7-5-4-6-8-15)21(12-22,28-17)18-10-9-16-20(23)24-13-25-26(16)18;1-6(14)13(11(21)10(20)8(4-19)22-13)9-3-2-7-12(15)16-5-17-18(7)9/h4-10,13-14,17,19H,3,11H2,1-2H3,(H2,23,24,25);2-3,5,8,10-11,14,19-21H,4H2,1H3,(H2,15,16,17)/t14-,17-,19-,21+;8-,10-,11-,13+/m11/s1. The molecular weight excluding hydrogens is 644 g/mol. The SMILES string of the molecule is CC(=N)[C@@]1(c2ccc3c(N)ncnn23)O[C@H](CO)[C@@H](O)[C@H]1O.CC[C@H]1O[C@@](C#N)(c2ccc3c(N)ncnn23)[C@H](OCc2ccccc2)[C@@H]1C. The van der Waals surface area contributed by atoms with Crippen LogP contribution in [0, 0.1) is 22.7 Å². The van der Waals surface area contributed by atoms with Gasteiger partial charge in [0.1, 0.15) is 54.2 Å². The maximum Gasteiger partial charge on any atom is 0.223 e. The van der Waals surface area contributed by atoms with Crippen molar-refractivity contribution in [1.29, 1.82) is 10.7 Å². The van der Waals surface area contributed by atoms with Crippen molar-refractivity contribution in [2.75, 3.05) is 18.1 Å². The first-order chi connectivity index (χ1) is 24.0. The van der Waals surface area contributed by atoms with Gasteiger partial charge in [0.05, 0.1) is 30.7 Å². The van der Waals surface area contributed by atoms with E-state index in [1.807, 2.05) is 42.5 Å². The van der Waals surface area contributed by atoms with Crippen molar-refractivity contribution in [2.24, 2.45) is 5.92 Å². The monoisotopic (exact) mass is 684 g/mol. The molecule has 16 heteroatoms. The second-order valence-corrected chi connectivity index (χ2v) is 12.4. The summed E-state index contributed by atoms with van der Waals surface area (Å²) in [6.45, 7) is 5.51. The van der Waals surface area contributed by atoms with Gasteiger partial charge in [-0.15, -0.1) is 0 Å². The average Bonchev–Trinajstić information content (AvgIpc) is 3.88. The van der Waals surface area contributed by atoms with Crippen LogP contribution in [0.3, 0.4) is 0 Å². The number of benzene rings is 1. The summed E-state index contributed by atoms with van der Waals surface area (Å²) in [5.74, 6) is 0.637. The minimum Gasteiger partial charge on any atom is -0.394 e. The number of ether oxygens (including phenoxy) is 3. The van der Waals surface area contributed by atoms with Gasteiger partial charge >= 0.3 is 0 Å². The van der Waals surface area contributed by atoms with E-state index in [9.17, 15) is 20.6 Å². The van der Waals surface area contributed by atoms with Gasteiger partial charge in [0.15, 0.2) is 17.2 Å². The highest BCUT2D eigenvalue weighted by molar-refractivity contribution is 5.90. The maximum absolute atomic E-state index is 10.5. The van der Waals surface area contributed by atoms with Gasteiger partial charge in [-0.3, -0.25) is 0 Å². The lowest BCUT2D eigenvalue weighted by Crippen LogP contribution is -2.46. The van der Waals surface area contributed by atoms with Crippen LogP contribution >= 0.6 is 0 Å². The van der Waals surface area contributed by atoms with E-state index in [1.165, 1.54) is 24.1 Å². The Morgan fingerprint density at radius 3 is 2.10 bits per heavy atom. The number of hydrogen-bond acceptors (Lipinski definition) is 14. The van der Waals surface area contributed by atoms with Crippen molar-refractivity contribution >= 4 is 28.4 Å². The van der Waals surface area contributed by atoms with Crippen LogP contribution in [0.15, 0.2) is 67.3 Å². The fourth-order valence-corrected chi connectivity index (χ4v) is 6.97. The Labute approximate surface area is 287 Å². The Balaban J connectivity index is 0.000000178. The number of anilines is 2. The molecule has 8 N–H and O–H groups in total. The van der Waals surface area contributed by atoms with Gasteiger partial charge in [0.2, 0.25) is 5.60 Å². The van der Waals surface area contributed by atoms with Gasteiger partial charge < -0.3 is 46.4 Å². The van der Waals surface area contributed by atoms with Crippen LogP contribution in [-0.2, 0) is 32.0 Å². The highest BCUT2D eigenvalue weighted by Gasteiger charge is 2.58. The third kappa shape index (κ3) is 5.54. The summed E-state index contributed by atoms with van der Waals surface area (Å²) in [6, 6.07) is 19.2. The summed E-state index contributed by atoms with van der Waals surface area (Å²) in [4.78, 5) is 7.91. The largest absolute Gasteiger partial charge is 0.394 e. The number of fused-ring (bicyclic) bond motifs is 2. The zero-order valence-electron chi connectivity index (χ0n) is 27.8. The molecule has 6 heterocycles. The lowest BCUT2D eigenvalue weighted by Gasteiger charge is -2.31. The first-order valence-electron chi connectivity index (χ1n) is 16.2. The van der Waals surface area contributed by atoms with Gasteiger partial charge in [0.25, 0.3) is 0 Å².